The van der Waals surface area contributed by atoms with Crippen LogP contribution in [0.3, 0.4) is 0 Å². The van der Waals surface area contributed by atoms with Crippen molar-refractivity contribution in [3.63, 3.8) is 0 Å². The Morgan fingerprint density at radius 1 is 1.24 bits per heavy atom. The highest BCUT2D eigenvalue weighted by atomic mass is 32.1. The van der Waals surface area contributed by atoms with Gasteiger partial charge in [0.25, 0.3) is 0 Å². The molecule has 3 N–H and O–H groups in total. The standard InChI is InChI=1S/C19H19N3O2S/c1-19(23)17(22-10-4-3-5-11-22)16(15(12-20)18(25)21-19)13-6-8-14(24-2)9-7-13/h3-11,16-17,20,23H,1-2H3/p+1. The minimum absolute atomic E-state index is 0.320. The number of benzene rings is 1. The molecule has 0 saturated carbocycles. The zero-order chi connectivity index (χ0) is 18.0. The average molecular weight is 354 g/mol. The van der Waals surface area contributed by atoms with E-state index in [1.807, 2.05) is 59.4 Å². The first-order chi connectivity index (χ1) is 12.0. The monoisotopic (exact) mass is 354 g/mol. The van der Waals surface area contributed by atoms with Crippen molar-refractivity contribution in [3.8, 4) is 5.75 Å². The number of pyridine rings is 1. The van der Waals surface area contributed by atoms with Crippen molar-refractivity contribution in [3.05, 3.63) is 66.0 Å². The molecule has 2 aromatic rings. The van der Waals surface area contributed by atoms with Gasteiger partial charge in [0.1, 0.15) is 10.7 Å². The Hall–Kier alpha value is -2.53. The summed E-state index contributed by atoms with van der Waals surface area (Å²) in [6, 6.07) is 12.9. The lowest BCUT2D eigenvalue weighted by Gasteiger charge is -2.40. The van der Waals surface area contributed by atoms with Crippen LogP contribution in [0.2, 0.25) is 0 Å². The van der Waals surface area contributed by atoms with Gasteiger partial charge >= 0.3 is 0 Å². The van der Waals surface area contributed by atoms with Crippen molar-refractivity contribution in [1.82, 2.24) is 5.32 Å². The van der Waals surface area contributed by atoms with Crippen LogP contribution in [-0.4, -0.2) is 28.8 Å². The molecule has 3 unspecified atom stereocenters. The normalized spacial score (nSPS) is 25.9. The summed E-state index contributed by atoms with van der Waals surface area (Å²) in [6.07, 6.45) is 3.79. The van der Waals surface area contributed by atoms with E-state index in [4.69, 9.17) is 22.4 Å². The second-order valence-corrected chi connectivity index (χ2v) is 6.57. The third-order valence-corrected chi connectivity index (χ3v) is 4.81. The van der Waals surface area contributed by atoms with Crippen LogP contribution in [0, 0.1) is 5.41 Å². The SMILES string of the molecule is COc1ccc(C2C(=C=N)C(=S)NC(C)(O)C2[n+]2ccccc2)cc1. The Labute approximate surface area is 152 Å². The molecule has 1 aromatic carbocycles. The lowest BCUT2D eigenvalue weighted by Crippen LogP contribution is -2.65. The Balaban J connectivity index is 2.18. The number of nitrogens with one attached hydrogen (secondary N) is 2. The molecule has 128 valence electrons. The number of aromatic nitrogens is 1. The van der Waals surface area contributed by atoms with Crippen molar-refractivity contribution < 1.29 is 14.4 Å². The maximum absolute atomic E-state index is 11.1. The van der Waals surface area contributed by atoms with E-state index in [0.717, 1.165) is 11.3 Å². The molecule has 1 fully saturated rings. The number of thiocarbonyl (C=S) groups is 1. The van der Waals surface area contributed by atoms with Crippen LogP contribution in [0.4, 0.5) is 0 Å². The van der Waals surface area contributed by atoms with Gasteiger partial charge in [0.05, 0.1) is 18.6 Å². The van der Waals surface area contributed by atoms with Gasteiger partial charge in [0.2, 0.25) is 6.04 Å². The van der Waals surface area contributed by atoms with Crippen LogP contribution >= 0.6 is 12.2 Å². The summed E-state index contributed by atoms with van der Waals surface area (Å²) in [5.74, 6) is 2.90. The van der Waals surface area contributed by atoms with E-state index < -0.39 is 11.8 Å². The molecule has 25 heavy (non-hydrogen) atoms. The number of aliphatic hydroxyl groups is 1. The molecule has 0 aliphatic carbocycles. The van der Waals surface area contributed by atoms with E-state index in [0.29, 0.717) is 10.6 Å². The third kappa shape index (κ3) is 3.20. The summed E-state index contributed by atoms with van der Waals surface area (Å²) in [7, 11) is 1.62. The molecular weight excluding hydrogens is 334 g/mol. The second kappa shape index (κ2) is 6.76. The van der Waals surface area contributed by atoms with Crippen LogP contribution in [0.25, 0.3) is 0 Å². The number of hydrogen-bond acceptors (Lipinski definition) is 4. The maximum Gasteiger partial charge on any atom is 0.216 e. The molecule has 2 heterocycles. The first-order valence-electron chi connectivity index (χ1n) is 7.92. The zero-order valence-electron chi connectivity index (χ0n) is 14.1. The van der Waals surface area contributed by atoms with Crippen LogP contribution in [0.1, 0.15) is 24.4 Å². The predicted octanol–water partition coefficient (Wildman–Crippen LogP) is 2.12. The van der Waals surface area contributed by atoms with E-state index >= 15 is 0 Å². The minimum atomic E-state index is -1.28. The van der Waals surface area contributed by atoms with Crippen molar-refractivity contribution >= 4 is 23.1 Å². The van der Waals surface area contributed by atoms with Crippen molar-refractivity contribution in [1.29, 1.82) is 5.41 Å². The number of ether oxygens (including phenoxy) is 1. The quantitative estimate of drug-likeness (QED) is 0.342. The van der Waals surface area contributed by atoms with Gasteiger partial charge in [-0.3, -0.25) is 5.41 Å². The molecule has 0 amide bonds. The highest BCUT2D eigenvalue weighted by molar-refractivity contribution is 7.80. The molecule has 3 rings (SSSR count). The fraction of sp³-hybridized carbons (Fsp3) is 0.263. The van der Waals surface area contributed by atoms with Gasteiger partial charge < -0.3 is 15.2 Å². The number of piperidine rings is 1. The van der Waals surface area contributed by atoms with Gasteiger partial charge in [-0.2, -0.15) is 4.57 Å². The Bertz CT molecular complexity index is 828. The van der Waals surface area contributed by atoms with Gasteiger partial charge in [0.15, 0.2) is 18.1 Å². The molecule has 6 heteroatoms. The lowest BCUT2D eigenvalue weighted by atomic mass is 9.77. The van der Waals surface area contributed by atoms with Gasteiger partial charge in [0, 0.05) is 12.1 Å². The van der Waals surface area contributed by atoms with E-state index in [9.17, 15) is 5.11 Å². The van der Waals surface area contributed by atoms with Crippen molar-refractivity contribution in [2.45, 2.75) is 24.6 Å². The van der Waals surface area contributed by atoms with Crippen molar-refractivity contribution in [2.75, 3.05) is 7.11 Å². The van der Waals surface area contributed by atoms with E-state index in [1.165, 1.54) is 0 Å². The first kappa shape index (κ1) is 17.3. The van der Waals surface area contributed by atoms with E-state index in [-0.39, 0.29) is 5.92 Å². The first-order valence-corrected chi connectivity index (χ1v) is 8.33. The zero-order valence-corrected chi connectivity index (χ0v) is 14.9. The molecule has 1 aliphatic rings. The lowest BCUT2D eigenvalue weighted by molar-refractivity contribution is -0.740. The number of hydrogen-bond donors (Lipinski definition) is 3. The summed E-state index contributed by atoms with van der Waals surface area (Å²) in [5.41, 5.74) is 0.197. The van der Waals surface area contributed by atoms with Crippen LogP contribution < -0.4 is 14.6 Å². The molecule has 5 nitrogen and oxygen atoms in total. The van der Waals surface area contributed by atoms with Crippen LogP contribution in [-0.2, 0) is 0 Å². The van der Waals surface area contributed by atoms with Crippen LogP contribution in [0.15, 0.2) is 60.4 Å². The van der Waals surface area contributed by atoms with Gasteiger partial charge in [-0.1, -0.05) is 30.4 Å². The number of rotatable bonds is 3. The maximum atomic E-state index is 11.1. The van der Waals surface area contributed by atoms with E-state index in [2.05, 4.69) is 11.2 Å². The molecular formula is C19H20N3O2S+. The summed E-state index contributed by atoms with van der Waals surface area (Å²) in [6.45, 7) is 1.70. The molecule has 0 radical (unpaired) electrons. The largest absolute Gasteiger partial charge is 0.497 e. The molecule has 1 aliphatic heterocycles. The average Bonchev–Trinajstić information content (AvgIpc) is 2.61. The molecule has 0 bridgehead atoms. The summed E-state index contributed by atoms with van der Waals surface area (Å²) >= 11 is 5.38. The topological polar surface area (TPSA) is 69.2 Å². The highest BCUT2D eigenvalue weighted by Crippen LogP contribution is 2.41. The summed E-state index contributed by atoms with van der Waals surface area (Å²) < 4.78 is 7.16. The summed E-state index contributed by atoms with van der Waals surface area (Å²) in [5, 5.41) is 21.7. The molecule has 1 aromatic heterocycles. The molecule has 0 spiro atoms. The number of nitrogens with zero attached hydrogens (tertiary/aromatic N) is 1. The fourth-order valence-electron chi connectivity index (χ4n) is 3.35. The fourth-order valence-corrected chi connectivity index (χ4v) is 3.73. The number of methoxy groups -OCH3 is 1. The summed E-state index contributed by atoms with van der Waals surface area (Å²) in [4.78, 5) is 0.341. The van der Waals surface area contributed by atoms with Crippen LogP contribution in [0.5, 0.6) is 5.75 Å². The van der Waals surface area contributed by atoms with Gasteiger partial charge in [-0.15, -0.1) is 0 Å². The highest BCUT2D eigenvalue weighted by Gasteiger charge is 2.52. The molecule has 3 atom stereocenters. The second-order valence-electron chi connectivity index (χ2n) is 6.16. The minimum Gasteiger partial charge on any atom is -0.497 e. The van der Waals surface area contributed by atoms with Crippen molar-refractivity contribution in [2.24, 2.45) is 0 Å². The van der Waals surface area contributed by atoms with Gasteiger partial charge in [-0.25, -0.2) is 0 Å². The Morgan fingerprint density at radius 3 is 2.44 bits per heavy atom. The Morgan fingerprint density at radius 2 is 1.88 bits per heavy atom. The molecule has 1 saturated heterocycles. The smallest absolute Gasteiger partial charge is 0.216 e. The predicted molar refractivity (Wildman–Crippen MR) is 99.0 cm³/mol. The third-order valence-electron chi connectivity index (χ3n) is 4.48. The Kier molecular flexibility index (Phi) is 4.68. The van der Waals surface area contributed by atoms with Gasteiger partial charge in [-0.05, 0) is 30.5 Å². The van der Waals surface area contributed by atoms with E-state index in [1.54, 1.807) is 14.0 Å².